The van der Waals surface area contributed by atoms with Crippen LogP contribution in [-0.4, -0.2) is 35.3 Å². The third-order valence-corrected chi connectivity index (χ3v) is 4.80. The van der Waals surface area contributed by atoms with Crippen LogP contribution < -0.4 is 10.0 Å². The zero-order valence-corrected chi connectivity index (χ0v) is 16.2. The predicted octanol–water partition coefficient (Wildman–Crippen LogP) is 2.06. The van der Waals surface area contributed by atoms with Gasteiger partial charge in [0.2, 0.25) is 10.0 Å². The lowest BCUT2D eigenvalue weighted by Gasteiger charge is -2.09. The highest BCUT2D eigenvalue weighted by Crippen LogP contribution is 2.19. The maximum Gasteiger partial charge on any atom is 0.253 e. The van der Waals surface area contributed by atoms with Crippen molar-refractivity contribution in [1.29, 1.82) is 0 Å². The smallest absolute Gasteiger partial charge is 0.253 e. The number of hydrogen-bond acceptors (Lipinski definition) is 5. The topological polar surface area (TPSA) is 106 Å². The van der Waals surface area contributed by atoms with Crippen LogP contribution in [0.5, 0.6) is 0 Å². The fraction of sp³-hybridized carbons (Fsp3) is 0.278. The van der Waals surface area contributed by atoms with Gasteiger partial charge in [0.05, 0.1) is 18.0 Å². The van der Waals surface area contributed by atoms with Crippen molar-refractivity contribution in [2.75, 3.05) is 11.0 Å². The number of pyridine rings is 1. The molecule has 0 aliphatic carbocycles. The van der Waals surface area contributed by atoms with Crippen LogP contribution in [0.4, 0.5) is 5.69 Å². The number of nitrogens with one attached hydrogen (secondary N) is 2. The van der Waals surface area contributed by atoms with Crippen LogP contribution in [0.1, 0.15) is 28.4 Å². The van der Waals surface area contributed by atoms with E-state index in [2.05, 4.69) is 20.1 Å². The summed E-state index contributed by atoms with van der Waals surface area (Å²) in [5.74, 6) is -0.218. The van der Waals surface area contributed by atoms with Gasteiger partial charge < -0.3 is 5.32 Å². The van der Waals surface area contributed by atoms with Gasteiger partial charge in [-0.15, -0.1) is 0 Å². The number of rotatable bonds is 6. The first kappa shape index (κ1) is 18.8. The number of hydrogen-bond donors (Lipinski definition) is 2. The number of nitrogens with zero attached hydrogens (tertiary/aromatic N) is 3. The molecule has 9 heteroatoms. The van der Waals surface area contributed by atoms with Crippen LogP contribution in [0.2, 0.25) is 0 Å². The number of carbonyl (C=O) groups is 1. The van der Waals surface area contributed by atoms with E-state index in [9.17, 15) is 13.2 Å². The first-order valence-corrected chi connectivity index (χ1v) is 10.3. The van der Waals surface area contributed by atoms with Crippen LogP contribution in [0.25, 0.3) is 11.0 Å². The van der Waals surface area contributed by atoms with E-state index in [0.29, 0.717) is 24.3 Å². The molecule has 3 aromatic rings. The summed E-state index contributed by atoms with van der Waals surface area (Å²) in [6, 6.07) is 6.82. The third kappa shape index (κ3) is 4.25. The second kappa shape index (κ2) is 7.36. The maximum absolute atomic E-state index is 12.5. The Morgan fingerprint density at radius 2 is 1.89 bits per heavy atom. The summed E-state index contributed by atoms with van der Waals surface area (Å²) in [5, 5.41) is 8.00. The molecule has 0 bridgehead atoms. The second-order valence-corrected chi connectivity index (χ2v) is 8.00. The molecule has 0 fully saturated rings. The molecule has 142 valence electrons. The molecular weight excluding hydrogens is 366 g/mol. The van der Waals surface area contributed by atoms with Gasteiger partial charge in [0, 0.05) is 30.4 Å². The van der Waals surface area contributed by atoms with E-state index in [1.807, 2.05) is 13.8 Å². The van der Waals surface area contributed by atoms with E-state index in [1.165, 1.54) is 0 Å². The molecule has 3 rings (SSSR count). The highest BCUT2D eigenvalue weighted by Gasteiger charge is 2.14. The summed E-state index contributed by atoms with van der Waals surface area (Å²) >= 11 is 0. The Balaban J connectivity index is 1.71. The summed E-state index contributed by atoms with van der Waals surface area (Å²) in [6.45, 7) is 4.91. The minimum Gasteiger partial charge on any atom is -0.348 e. The molecule has 0 radical (unpaired) electrons. The van der Waals surface area contributed by atoms with Crippen molar-refractivity contribution in [1.82, 2.24) is 20.1 Å². The van der Waals surface area contributed by atoms with Gasteiger partial charge in [0.25, 0.3) is 5.91 Å². The number of aromatic nitrogens is 3. The average molecular weight is 387 g/mol. The van der Waals surface area contributed by atoms with Crippen LogP contribution in [0.3, 0.4) is 0 Å². The highest BCUT2D eigenvalue weighted by atomic mass is 32.2. The van der Waals surface area contributed by atoms with Gasteiger partial charge in [-0.05, 0) is 37.1 Å². The SMILES string of the molecule is CCn1ncc2c(C)c(C(=O)NCc3ccc(NS(C)(=O)=O)cc3)cnc21. The van der Waals surface area contributed by atoms with Gasteiger partial charge in [-0.1, -0.05) is 12.1 Å². The lowest BCUT2D eigenvalue weighted by Crippen LogP contribution is -2.24. The van der Waals surface area contributed by atoms with E-state index in [-0.39, 0.29) is 5.91 Å². The number of benzene rings is 1. The molecule has 27 heavy (non-hydrogen) atoms. The molecule has 0 saturated carbocycles. The molecule has 0 aliphatic heterocycles. The summed E-state index contributed by atoms with van der Waals surface area (Å²) in [5.41, 5.74) is 3.44. The second-order valence-electron chi connectivity index (χ2n) is 6.25. The number of amides is 1. The Bertz CT molecular complexity index is 1090. The van der Waals surface area contributed by atoms with Crippen LogP contribution in [0.15, 0.2) is 36.7 Å². The van der Waals surface area contributed by atoms with Crippen molar-refractivity contribution in [3.8, 4) is 0 Å². The molecule has 0 atom stereocenters. The number of fused-ring (bicyclic) bond motifs is 1. The van der Waals surface area contributed by atoms with Gasteiger partial charge in [0.15, 0.2) is 5.65 Å². The third-order valence-electron chi connectivity index (χ3n) is 4.19. The van der Waals surface area contributed by atoms with Crippen molar-refractivity contribution >= 4 is 32.7 Å². The van der Waals surface area contributed by atoms with Crippen molar-refractivity contribution in [2.24, 2.45) is 0 Å². The maximum atomic E-state index is 12.5. The standard InChI is InChI=1S/C18H21N5O3S/c1-4-23-17-15(11-21-23)12(2)16(10-19-17)18(24)20-9-13-5-7-14(8-6-13)22-27(3,25)26/h5-8,10-11,22H,4,9H2,1-3H3,(H,20,24). The minimum absolute atomic E-state index is 0.218. The largest absolute Gasteiger partial charge is 0.348 e. The Morgan fingerprint density at radius 3 is 2.52 bits per heavy atom. The van der Waals surface area contributed by atoms with Crippen molar-refractivity contribution in [2.45, 2.75) is 26.9 Å². The van der Waals surface area contributed by atoms with Crippen LogP contribution in [-0.2, 0) is 23.1 Å². The molecule has 1 amide bonds. The van der Waals surface area contributed by atoms with Gasteiger partial charge in [-0.25, -0.2) is 18.1 Å². The molecule has 2 aromatic heterocycles. The van der Waals surface area contributed by atoms with Crippen LogP contribution in [0, 0.1) is 6.92 Å². The van der Waals surface area contributed by atoms with E-state index in [1.54, 1.807) is 41.3 Å². The Morgan fingerprint density at radius 1 is 1.19 bits per heavy atom. The fourth-order valence-corrected chi connectivity index (χ4v) is 3.35. The number of aryl methyl sites for hydroxylation is 2. The average Bonchev–Trinajstić information content (AvgIpc) is 3.04. The summed E-state index contributed by atoms with van der Waals surface area (Å²) < 4.78 is 26.6. The molecule has 1 aromatic carbocycles. The van der Waals surface area contributed by atoms with E-state index >= 15 is 0 Å². The zero-order chi connectivity index (χ0) is 19.6. The van der Waals surface area contributed by atoms with Crippen molar-refractivity contribution in [3.63, 3.8) is 0 Å². The predicted molar refractivity (Wildman–Crippen MR) is 104 cm³/mol. The van der Waals surface area contributed by atoms with Gasteiger partial charge in [-0.3, -0.25) is 9.52 Å². The molecule has 0 aliphatic rings. The number of sulfonamides is 1. The van der Waals surface area contributed by atoms with Gasteiger partial charge >= 0.3 is 0 Å². The van der Waals surface area contributed by atoms with Gasteiger partial charge in [0.1, 0.15) is 0 Å². The fourth-order valence-electron chi connectivity index (χ4n) is 2.79. The van der Waals surface area contributed by atoms with Crippen molar-refractivity contribution in [3.05, 3.63) is 53.3 Å². The summed E-state index contributed by atoms with van der Waals surface area (Å²) in [7, 11) is -3.31. The zero-order valence-electron chi connectivity index (χ0n) is 15.4. The molecule has 2 heterocycles. The van der Waals surface area contributed by atoms with E-state index in [0.717, 1.165) is 28.4 Å². The molecule has 0 saturated heterocycles. The Labute approximate surface area is 157 Å². The molecule has 8 nitrogen and oxygen atoms in total. The quantitative estimate of drug-likeness (QED) is 0.673. The molecule has 0 spiro atoms. The van der Waals surface area contributed by atoms with Gasteiger partial charge in [-0.2, -0.15) is 5.10 Å². The molecule has 0 unspecified atom stereocenters. The summed E-state index contributed by atoms with van der Waals surface area (Å²) in [4.78, 5) is 16.9. The normalized spacial score (nSPS) is 11.5. The Hall–Kier alpha value is -2.94. The van der Waals surface area contributed by atoms with E-state index in [4.69, 9.17) is 0 Å². The minimum atomic E-state index is -3.31. The highest BCUT2D eigenvalue weighted by molar-refractivity contribution is 7.92. The lowest BCUT2D eigenvalue weighted by molar-refractivity contribution is 0.0950. The molecule has 2 N–H and O–H groups in total. The van der Waals surface area contributed by atoms with Crippen molar-refractivity contribution < 1.29 is 13.2 Å². The Kier molecular flexibility index (Phi) is 5.13. The number of anilines is 1. The lowest BCUT2D eigenvalue weighted by atomic mass is 10.1. The van der Waals surface area contributed by atoms with E-state index < -0.39 is 10.0 Å². The van der Waals surface area contributed by atoms with Crippen LogP contribution >= 0.6 is 0 Å². The first-order chi connectivity index (χ1) is 12.8. The monoisotopic (exact) mass is 387 g/mol. The molecular formula is C18H21N5O3S. The first-order valence-electron chi connectivity index (χ1n) is 8.44. The number of carbonyl (C=O) groups excluding carboxylic acids is 1. The summed E-state index contributed by atoms with van der Waals surface area (Å²) in [6.07, 6.45) is 4.39.